The lowest BCUT2D eigenvalue weighted by molar-refractivity contribution is 0.629. The molecule has 1 heterocycles. The fourth-order valence-corrected chi connectivity index (χ4v) is 2.01. The standard InChI is InChI=1S/C10H8BrFN2S/c11-7-1-2-10(9(12)3-7)14-5-8-4-13-6-15-8/h1-4,6,14H,5H2. The van der Waals surface area contributed by atoms with Gasteiger partial charge in [0.2, 0.25) is 0 Å². The molecular weight excluding hydrogens is 279 g/mol. The smallest absolute Gasteiger partial charge is 0.147 e. The van der Waals surface area contributed by atoms with Crippen molar-refractivity contribution >= 4 is 33.0 Å². The molecule has 5 heteroatoms. The number of halogens is 2. The van der Waals surface area contributed by atoms with Gasteiger partial charge in [0, 0.05) is 15.5 Å². The Morgan fingerprint density at radius 2 is 2.33 bits per heavy atom. The van der Waals surface area contributed by atoms with Crippen molar-refractivity contribution in [3.05, 3.63) is 45.1 Å². The quantitative estimate of drug-likeness (QED) is 0.932. The third-order valence-electron chi connectivity index (χ3n) is 1.87. The maximum atomic E-state index is 13.4. The first-order valence-electron chi connectivity index (χ1n) is 4.32. The van der Waals surface area contributed by atoms with Crippen LogP contribution in [0.4, 0.5) is 10.1 Å². The Balaban J connectivity index is 2.05. The van der Waals surface area contributed by atoms with Crippen molar-refractivity contribution < 1.29 is 4.39 Å². The average molecular weight is 287 g/mol. The van der Waals surface area contributed by atoms with Crippen LogP contribution < -0.4 is 5.32 Å². The van der Waals surface area contributed by atoms with Gasteiger partial charge in [0.15, 0.2) is 0 Å². The van der Waals surface area contributed by atoms with Gasteiger partial charge in [-0.1, -0.05) is 15.9 Å². The van der Waals surface area contributed by atoms with Crippen molar-refractivity contribution in [1.82, 2.24) is 4.98 Å². The molecule has 15 heavy (non-hydrogen) atoms. The minimum atomic E-state index is -0.256. The van der Waals surface area contributed by atoms with Crippen LogP contribution in [0, 0.1) is 5.82 Å². The van der Waals surface area contributed by atoms with Gasteiger partial charge in [0.25, 0.3) is 0 Å². The summed E-state index contributed by atoms with van der Waals surface area (Å²) in [5, 5.41) is 3.02. The Morgan fingerprint density at radius 1 is 1.47 bits per heavy atom. The predicted molar refractivity (Wildman–Crippen MR) is 63.5 cm³/mol. The van der Waals surface area contributed by atoms with E-state index < -0.39 is 0 Å². The molecule has 0 radical (unpaired) electrons. The summed E-state index contributed by atoms with van der Waals surface area (Å²) in [6.45, 7) is 0.600. The Kier molecular flexibility index (Phi) is 3.33. The van der Waals surface area contributed by atoms with E-state index >= 15 is 0 Å². The summed E-state index contributed by atoms with van der Waals surface area (Å²) in [6.07, 6.45) is 1.77. The molecule has 0 aliphatic carbocycles. The molecule has 0 saturated carbocycles. The van der Waals surface area contributed by atoms with E-state index in [-0.39, 0.29) is 5.82 Å². The third-order valence-corrected chi connectivity index (χ3v) is 3.14. The lowest BCUT2D eigenvalue weighted by atomic mass is 10.3. The molecule has 0 fully saturated rings. The van der Waals surface area contributed by atoms with E-state index in [2.05, 4.69) is 26.2 Å². The van der Waals surface area contributed by atoms with E-state index in [4.69, 9.17) is 0 Å². The monoisotopic (exact) mass is 286 g/mol. The summed E-state index contributed by atoms with van der Waals surface area (Å²) >= 11 is 4.76. The minimum Gasteiger partial charge on any atom is -0.378 e. The number of nitrogens with zero attached hydrogens (tertiary/aromatic N) is 1. The number of thiazole rings is 1. The van der Waals surface area contributed by atoms with Gasteiger partial charge in [0.1, 0.15) is 5.82 Å². The van der Waals surface area contributed by atoms with Crippen molar-refractivity contribution in [2.24, 2.45) is 0 Å². The van der Waals surface area contributed by atoms with Gasteiger partial charge in [-0.2, -0.15) is 0 Å². The van der Waals surface area contributed by atoms with E-state index in [0.717, 1.165) is 9.35 Å². The van der Waals surface area contributed by atoms with Crippen LogP contribution in [0.2, 0.25) is 0 Å². The molecule has 1 N–H and O–H groups in total. The SMILES string of the molecule is Fc1cc(Br)ccc1NCc1cncs1. The minimum absolute atomic E-state index is 0.256. The number of aromatic nitrogens is 1. The van der Waals surface area contributed by atoms with E-state index in [0.29, 0.717) is 12.2 Å². The molecule has 0 aliphatic heterocycles. The van der Waals surface area contributed by atoms with Gasteiger partial charge in [0.05, 0.1) is 17.7 Å². The molecule has 0 spiro atoms. The highest BCUT2D eigenvalue weighted by Gasteiger charge is 2.02. The first-order valence-corrected chi connectivity index (χ1v) is 5.99. The number of nitrogens with one attached hydrogen (secondary N) is 1. The lowest BCUT2D eigenvalue weighted by Crippen LogP contribution is -1.99. The largest absolute Gasteiger partial charge is 0.378 e. The van der Waals surface area contributed by atoms with Gasteiger partial charge in [-0.3, -0.25) is 4.98 Å². The fraction of sp³-hybridized carbons (Fsp3) is 0.100. The fourth-order valence-electron chi connectivity index (χ4n) is 1.14. The Morgan fingerprint density at radius 3 is 3.00 bits per heavy atom. The third kappa shape index (κ3) is 2.76. The maximum absolute atomic E-state index is 13.4. The highest BCUT2D eigenvalue weighted by Crippen LogP contribution is 2.20. The Labute approximate surface area is 99.3 Å². The second-order valence-electron chi connectivity index (χ2n) is 2.95. The summed E-state index contributed by atoms with van der Waals surface area (Å²) in [5.41, 5.74) is 2.26. The van der Waals surface area contributed by atoms with Gasteiger partial charge in [-0.05, 0) is 18.2 Å². The van der Waals surface area contributed by atoms with Crippen molar-refractivity contribution in [2.45, 2.75) is 6.54 Å². The van der Waals surface area contributed by atoms with Crippen LogP contribution in [0.25, 0.3) is 0 Å². The zero-order valence-corrected chi connectivity index (χ0v) is 10.1. The van der Waals surface area contributed by atoms with Crippen molar-refractivity contribution in [2.75, 3.05) is 5.32 Å². The van der Waals surface area contributed by atoms with Gasteiger partial charge in [-0.25, -0.2) is 4.39 Å². The number of hydrogen-bond acceptors (Lipinski definition) is 3. The molecule has 0 aliphatic rings. The van der Waals surface area contributed by atoms with Crippen LogP contribution in [0.15, 0.2) is 34.4 Å². The molecule has 0 amide bonds. The molecule has 0 unspecified atom stereocenters. The van der Waals surface area contributed by atoms with Crippen LogP contribution in [-0.4, -0.2) is 4.98 Å². The van der Waals surface area contributed by atoms with Crippen molar-refractivity contribution in [3.8, 4) is 0 Å². The van der Waals surface area contributed by atoms with Gasteiger partial charge >= 0.3 is 0 Å². The predicted octanol–water partition coefficient (Wildman–Crippen LogP) is 3.66. The summed E-state index contributed by atoms with van der Waals surface area (Å²) in [6, 6.07) is 4.95. The number of benzene rings is 1. The van der Waals surface area contributed by atoms with Crippen LogP contribution >= 0.6 is 27.3 Å². The average Bonchev–Trinajstić information content (AvgIpc) is 2.69. The number of hydrogen-bond donors (Lipinski definition) is 1. The normalized spacial score (nSPS) is 10.3. The maximum Gasteiger partial charge on any atom is 0.147 e. The number of rotatable bonds is 3. The highest BCUT2D eigenvalue weighted by atomic mass is 79.9. The molecule has 2 rings (SSSR count). The van der Waals surface area contributed by atoms with Gasteiger partial charge < -0.3 is 5.32 Å². The molecule has 1 aromatic carbocycles. The van der Waals surface area contributed by atoms with Crippen molar-refractivity contribution in [1.29, 1.82) is 0 Å². The summed E-state index contributed by atoms with van der Waals surface area (Å²) in [5.74, 6) is -0.256. The van der Waals surface area contributed by atoms with Crippen LogP contribution in [0.1, 0.15) is 4.88 Å². The molecule has 2 nitrogen and oxygen atoms in total. The van der Waals surface area contributed by atoms with E-state index in [1.165, 1.54) is 6.07 Å². The molecule has 0 bridgehead atoms. The molecular formula is C10H8BrFN2S. The summed E-state index contributed by atoms with van der Waals surface area (Å²) < 4.78 is 14.1. The zero-order valence-electron chi connectivity index (χ0n) is 7.71. The Bertz CT molecular complexity index is 445. The summed E-state index contributed by atoms with van der Waals surface area (Å²) in [4.78, 5) is 5.03. The van der Waals surface area contributed by atoms with Crippen LogP contribution in [0.5, 0.6) is 0 Å². The second kappa shape index (κ2) is 4.72. The molecule has 0 saturated heterocycles. The molecule has 2 aromatic rings. The second-order valence-corrected chi connectivity index (χ2v) is 4.83. The number of anilines is 1. The van der Waals surface area contributed by atoms with E-state index in [1.807, 2.05) is 0 Å². The van der Waals surface area contributed by atoms with Gasteiger partial charge in [-0.15, -0.1) is 11.3 Å². The topological polar surface area (TPSA) is 24.9 Å². The lowest BCUT2D eigenvalue weighted by Gasteiger charge is -2.05. The summed E-state index contributed by atoms with van der Waals surface area (Å²) in [7, 11) is 0. The molecule has 78 valence electrons. The highest BCUT2D eigenvalue weighted by molar-refractivity contribution is 9.10. The van der Waals surface area contributed by atoms with Crippen LogP contribution in [0.3, 0.4) is 0 Å². The first kappa shape index (κ1) is 10.6. The molecule has 1 aromatic heterocycles. The zero-order chi connectivity index (χ0) is 10.7. The van der Waals surface area contributed by atoms with Crippen LogP contribution in [-0.2, 0) is 6.54 Å². The van der Waals surface area contributed by atoms with E-state index in [1.54, 1.807) is 35.2 Å². The van der Waals surface area contributed by atoms with Crippen molar-refractivity contribution in [3.63, 3.8) is 0 Å². The molecule has 0 atom stereocenters. The first-order chi connectivity index (χ1) is 7.25. The van der Waals surface area contributed by atoms with E-state index in [9.17, 15) is 4.39 Å². The Hall–Kier alpha value is -0.940.